The zero-order chi connectivity index (χ0) is 12.9. The van der Waals surface area contributed by atoms with Crippen LogP contribution in [0.3, 0.4) is 0 Å². The Morgan fingerprint density at radius 3 is 2.65 bits per heavy atom. The number of nitrogens with one attached hydrogen (secondary N) is 1. The van der Waals surface area contributed by atoms with Gasteiger partial charge in [0.25, 0.3) is 0 Å². The maximum Gasteiger partial charge on any atom is 0.122 e. The molecule has 0 saturated heterocycles. The van der Waals surface area contributed by atoms with Crippen LogP contribution in [0.5, 0.6) is 5.75 Å². The third-order valence-corrected chi connectivity index (χ3v) is 2.74. The molecule has 0 spiro atoms. The second-order valence-corrected chi connectivity index (χ2v) is 4.59. The smallest absolute Gasteiger partial charge is 0.122 e. The molecule has 0 heterocycles. The van der Waals surface area contributed by atoms with Crippen molar-refractivity contribution in [2.24, 2.45) is 0 Å². The van der Waals surface area contributed by atoms with E-state index >= 15 is 0 Å². The van der Waals surface area contributed by atoms with Gasteiger partial charge in [0.15, 0.2) is 0 Å². The molecule has 3 heteroatoms. The minimum atomic E-state index is -0.494. The minimum absolute atomic E-state index is 0.494. The third kappa shape index (κ3) is 3.76. The molecular weight excluding hydrogens is 212 g/mol. The second kappa shape index (κ2) is 5.70. The van der Waals surface area contributed by atoms with E-state index in [9.17, 15) is 0 Å². The summed E-state index contributed by atoms with van der Waals surface area (Å²) in [7, 11) is 1.69. The van der Waals surface area contributed by atoms with Crippen LogP contribution in [-0.4, -0.2) is 12.6 Å². The standard InChI is InChI=1S/C14H20N2O/c1-5-12-8-11(6-7-13(12)17-4)9-16-14(2,3)10-15/h6-8,16H,5,9H2,1-4H3. The Balaban J connectivity index is 2.77. The first-order valence-electron chi connectivity index (χ1n) is 5.84. The van der Waals surface area contributed by atoms with Gasteiger partial charge in [0.05, 0.1) is 13.2 Å². The highest BCUT2D eigenvalue weighted by atomic mass is 16.5. The molecule has 0 atom stereocenters. The van der Waals surface area contributed by atoms with Crippen molar-refractivity contribution in [3.63, 3.8) is 0 Å². The van der Waals surface area contributed by atoms with Gasteiger partial charge in [-0.1, -0.05) is 19.1 Å². The van der Waals surface area contributed by atoms with Crippen molar-refractivity contribution >= 4 is 0 Å². The van der Waals surface area contributed by atoms with Gasteiger partial charge < -0.3 is 4.74 Å². The van der Waals surface area contributed by atoms with Gasteiger partial charge in [0, 0.05) is 6.54 Å². The summed E-state index contributed by atoms with van der Waals surface area (Å²) in [6.45, 7) is 6.54. The predicted molar refractivity (Wildman–Crippen MR) is 68.9 cm³/mol. The summed E-state index contributed by atoms with van der Waals surface area (Å²) in [4.78, 5) is 0. The number of ether oxygens (including phenoxy) is 1. The van der Waals surface area contributed by atoms with Gasteiger partial charge in [-0.2, -0.15) is 5.26 Å². The van der Waals surface area contributed by atoms with Crippen LogP contribution in [0, 0.1) is 11.3 Å². The molecule has 1 rings (SSSR count). The molecule has 17 heavy (non-hydrogen) atoms. The predicted octanol–water partition coefficient (Wildman–Crippen LogP) is 2.65. The molecule has 0 unspecified atom stereocenters. The lowest BCUT2D eigenvalue weighted by molar-refractivity contribution is 0.409. The molecule has 3 nitrogen and oxygen atoms in total. The number of aryl methyl sites for hydroxylation is 1. The topological polar surface area (TPSA) is 45.0 Å². The Hall–Kier alpha value is -1.53. The maximum absolute atomic E-state index is 8.92. The summed E-state index contributed by atoms with van der Waals surface area (Å²) in [5.41, 5.74) is 1.87. The minimum Gasteiger partial charge on any atom is -0.496 e. The zero-order valence-electron chi connectivity index (χ0n) is 11.0. The zero-order valence-corrected chi connectivity index (χ0v) is 11.0. The molecule has 0 saturated carbocycles. The fourth-order valence-electron chi connectivity index (χ4n) is 1.58. The summed E-state index contributed by atoms with van der Waals surface area (Å²) >= 11 is 0. The number of rotatable bonds is 5. The van der Waals surface area contributed by atoms with E-state index in [1.807, 2.05) is 26.0 Å². The molecule has 0 radical (unpaired) electrons. The lowest BCUT2D eigenvalue weighted by Gasteiger charge is -2.18. The van der Waals surface area contributed by atoms with E-state index in [2.05, 4.69) is 24.4 Å². The SMILES string of the molecule is CCc1cc(CNC(C)(C)C#N)ccc1OC. The number of hydrogen-bond acceptors (Lipinski definition) is 3. The maximum atomic E-state index is 8.92. The van der Waals surface area contributed by atoms with Crippen LogP contribution in [0.25, 0.3) is 0 Å². The van der Waals surface area contributed by atoms with Crippen LogP contribution < -0.4 is 10.1 Å². The average molecular weight is 232 g/mol. The fraction of sp³-hybridized carbons (Fsp3) is 0.500. The molecule has 0 fully saturated rings. The molecule has 0 aromatic heterocycles. The highest BCUT2D eigenvalue weighted by molar-refractivity contribution is 5.37. The third-order valence-electron chi connectivity index (χ3n) is 2.74. The number of nitrogens with zero attached hydrogens (tertiary/aromatic N) is 1. The van der Waals surface area contributed by atoms with Crippen molar-refractivity contribution in [3.05, 3.63) is 29.3 Å². The van der Waals surface area contributed by atoms with Crippen LogP contribution in [0.2, 0.25) is 0 Å². The van der Waals surface area contributed by atoms with Gasteiger partial charge in [0.2, 0.25) is 0 Å². The van der Waals surface area contributed by atoms with Crippen LogP contribution >= 0.6 is 0 Å². The molecule has 0 aliphatic rings. The summed E-state index contributed by atoms with van der Waals surface area (Å²) in [6.07, 6.45) is 0.943. The summed E-state index contributed by atoms with van der Waals surface area (Å²) in [5.74, 6) is 0.927. The Bertz CT molecular complexity index is 419. The Kier molecular flexibility index (Phi) is 4.53. The van der Waals surface area contributed by atoms with Gasteiger partial charge in [-0.15, -0.1) is 0 Å². The molecule has 1 N–H and O–H groups in total. The monoisotopic (exact) mass is 232 g/mol. The van der Waals surface area contributed by atoms with E-state index in [1.165, 1.54) is 11.1 Å². The van der Waals surface area contributed by atoms with Crippen molar-refractivity contribution in [1.82, 2.24) is 5.32 Å². The molecule has 0 aliphatic heterocycles. The average Bonchev–Trinajstić information content (AvgIpc) is 2.36. The van der Waals surface area contributed by atoms with Crippen LogP contribution in [0.15, 0.2) is 18.2 Å². The summed E-state index contributed by atoms with van der Waals surface area (Å²) < 4.78 is 5.29. The van der Waals surface area contributed by atoms with Gasteiger partial charge in [-0.05, 0) is 37.5 Å². The molecule has 1 aromatic rings. The van der Waals surface area contributed by atoms with Crippen molar-refractivity contribution in [3.8, 4) is 11.8 Å². The first kappa shape index (κ1) is 13.5. The largest absolute Gasteiger partial charge is 0.496 e. The van der Waals surface area contributed by atoms with E-state index in [0.29, 0.717) is 6.54 Å². The van der Waals surface area contributed by atoms with Crippen molar-refractivity contribution in [2.45, 2.75) is 39.3 Å². The molecular formula is C14H20N2O. The van der Waals surface area contributed by atoms with Crippen LogP contribution in [-0.2, 0) is 13.0 Å². The van der Waals surface area contributed by atoms with Crippen molar-refractivity contribution in [2.75, 3.05) is 7.11 Å². The summed E-state index contributed by atoms with van der Waals surface area (Å²) in [5, 5.41) is 12.1. The van der Waals surface area contributed by atoms with E-state index in [0.717, 1.165) is 12.2 Å². The lowest BCUT2D eigenvalue weighted by Crippen LogP contribution is -2.36. The highest BCUT2D eigenvalue weighted by Gasteiger charge is 2.15. The van der Waals surface area contributed by atoms with Crippen LogP contribution in [0.1, 0.15) is 31.9 Å². The number of methoxy groups -OCH3 is 1. The Labute approximate surface area is 103 Å². The molecule has 92 valence electrons. The van der Waals surface area contributed by atoms with Gasteiger partial charge in [0.1, 0.15) is 11.3 Å². The number of nitriles is 1. The van der Waals surface area contributed by atoms with Gasteiger partial charge in [-0.25, -0.2) is 0 Å². The molecule has 0 aliphatic carbocycles. The van der Waals surface area contributed by atoms with E-state index in [4.69, 9.17) is 10.00 Å². The van der Waals surface area contributed by atoms with Crippen molar-refractivity contribution < 1.29 is 4.74 Å². The Morgan fingerprint density at radius 2 is 2.12 bits per heavy atom. The van der Waals surface area contributed by atoms with Gasteiger partial charge >= 0.3 is 0 Å². The Morgan fingerprint density at radius 1 is 1.41 bits per heavy atom. The second-order valence-electron chi connectivity index (χ2n) is 4.59. The highest BCUT2D eigenvalue weighted by Crippen LogP contribution is 2.20. The van der Waals surface area contributed by atoms with Crippen molar-refractivity contribution in [1.29, 1.82) is 5.26 Å². The molecule has 1 aromatic carbocycles. The summed E-state index contributed by atoms with van der Waals surface area (Å²) in [6, 6.07) is 8.36. The molecule has 0 bridgehead atoms. The first-order chi connectivity index (χ1) is 8.02. The number of hydrogen-bond donors (Lipinski definition) is 1. The number of benzene rings is 1. The molecule has 0 amide bonds. The van der Waals surface area contributed by atoms with E-state index < -0.39 is 5.54 Å². The fourth-order valence-corrected chi connectivity index (χ4v) is 1.58. The normalized spacial score (nSPS) is 11.0. The first-order valence-corrected chi connectivity index (χ1v) is 5.84. The van der Waals surface area contributed by atoms with Gasteiger partial charge in [-0.3, -0.25) is 5.32 Å². The van der Waals surface area contributed by atoms with Crippen LogP contribution in [0.4, 0.5) is 0 Å². The lowest BCUT2D eigenvalue weighted by atomic mass is 10.0. The van der Waals surface area contributed by atoms with E-state index in [1.54, 1.807) is 7.11 Å². The quantitative estimate of drug-likeness (QED) is 0.848. The van der Waals surface area contributed by atoms with E-state index in [-0.39, 0.29) is 0 Å².